The molecule has 1 heterocycles. The van der Waals surface area contributed by atoms with E-state index in [1.165, 1.54) is 18.4 Å². The van der Waals surface area contributed by atoms with Gasteiger partial charge < -0.3 is 0 Å². The first-order chi connectivity index (χ1) is 9.00. The largest absolute Gasteiger partial charge is 0.281 e. The standard InChI is InChI=1S/C13H21N3O2S/c1-10-13(11(2)16-15-10)19(17,18)14-9-8-12-6-4-3-5-7-12/h6,14H,3-5,7-9H2,1-2H3,(H,15,16). The molecule has 0 aliphatic heterocycles. The molecule has 1 aromatic heterocycles. The molecule has 2 N–H and O–H groups in total. The minimum absolute atomic E-state index is 0.283. The van der Waals surface area contributed by atoms with Crippen molar-refractivity contribution < 1.29 is 8.42 Å². The van der Waals surface area contributed by atoms with Gasteiger partial charge in [0, 0.05) is 6.54 Å². The van der Waals surface area contributed by atoms with Crippen LogP contribution in [0.4, 0.5) is 0 Å². The Kier molecular flexibility index (Phi) is 4.42. The second-order valence-electron chi connectivity index (χ2n) is 5.02. The van der Waals surface area contributed by atoms with Crippen LogP contribution in [0.1, 0.15) is 43.5 Å². The van der Waals surface area contributed by atoms with Crippen molar-refractivity contribution >= 4 is 10.0 Å². The monoisotopic (exact) mass is 283 g/mol. The fraction of sp³-hybridized carbons (Fsp3) is 0.615. The molecule has 1 aliphatic rings. The number of aromatic nitrogens is 2. The number of allylic oxidation sites excluding steroid dienone is 1. The van der Waals surface area contributed by atoms with Gasteiger partial charge in [-0.3, -0.25) is 5.10 Å². The fourth-order valence-corrected chi connectivity index (χ4v) is 3.88. The number of aryl methyl sites for hydroxylation is 2. The van der Waals surface area contributed by atoms with Gasteiger partial charge in [0.05, 0.1) is 11.4 Å². The molecule has 1 aromatic rings. The maximum Gasteiger partial charge on any atom is 0.244 e. The van der Waals surface area contributed by atoms with Crippen LogP contribution in [0.25, 0.3) is 0 Å². The van der Waals surface area contributed by atoms with Gasteiger partial charge in [-0.2, -0.15) is 5.10 Å². The number of sulfonamides is 1. The lowest BCUT2D eigenvalue weighted by molar-refractivity contribution is 0.578. The van der Waals surface area contributed by atoms with E-state index in [0.29, 0.717) is 17.9 Å². The maximum atomic E-state index is 12.2. The SMILES string of the molecule is Cc1n[nH]c(C)c1S(=O)(=O)NCCC1=CCCCC1. The Bertz CT molecular complexity index is 553. The molecule has 19 heavy (non-hydrogen) atoms. The van der Waals surface area contributed by atoms with Crippen molar-refractivity contribution in [3.8, 4) is 0 Å². The van der Waals surface area contributed by atoms with Gasteiger partial charge in [-0.25, -0.2) is 13.1 Å². The molecule has 5 nitrogen and oxygen atoms in total. The zero-order valence-corrected chi connectivity index (χ0v) is 12.3. The Balaban J connectivity index is 1.97. The number of aromatic amines is 1. The zero-order chi connectivity index (χ0) is 13.9. The highest BCUT2D eigenvalue weighted by molar-refractivity contribution is 7.89. The molecule has 0 bridgehead atoms. The number of H-pyrrole nitrogens is 1. The molecule has 2 rings (SSSR count). The second kappa shape index (κ2) is 5.88. The number of hydrogen-bond acceptors (Lipinski definition) is 3. The van der Waals surface area contributed by atoms with Crippen LogP contribution in [0.5, 0.6) is 0 Å². The van der Waals surface area contributed by atoms with Crippen molar-refractivity contribution in [3.63, 3.8) is 0 Å². The van der Waals surface area contributed by atoms with Gasteiger partial charge in [-0.15, -0.1) is 0 Å². The quantitative estimate of drug-likeness (QED) is 0.813. The van der Waals surface area contributed by atoms with Crippen molar-refractivity contribution in [3.05, 3.63) is 23.0 Å². The highest BCUT2D eigenvalue weighted by Crippen LogP contribution is 2.20. The van der Waals surface area contributed by atoms with Crippen molar-refractivity contribution in [1.29, 1.82) is 0 Å². The Labute approximate surface area is 114 Å². The molecule has 0 fully saturated rings. The molecule has 0 unspecified atom stereocenters. The van der Waals surface area contributed by atoms with Crippen molar-refractivity contribution in [2.24, 2.45) is 0 Å². The fourth-order valence-electron chi connectivity index (χ4n) is 2.49. The normalized spacial score (nSPS) is 16.4. The lowest BCUT2D eigenvalue weighted by Crippen LogP contribution is -2.26. The molecule has 0 saturated heterocycles. The van der Waals surface area contributed by atoms with Crippen LogP contribution >= 0.6 is 0 Å². The van der Waals surface area contributed by atoms with Gasteiger partial charge in [-0.1, -0.05) is 11.6 Å². The average Bonchev–Trinajstić information content (AvgIpc) is 2.70. The third-order valence-electron chi connectivity index (χ3n) is 3.45. The van der Waals surface area contributed by atoms with Crippen molar-refractivity contribution in [1.82, 2.24) is 14.9 Å². The molecule has 0 spiro atoms. The molecular formula is C13H21N3O2S. The minimum atomic E-state index is -3.45. The third kappa shape index (κ3) is 3.45. The molecule has 1 aliphatic carbocycles. The molecule has 0 radical (unpaired) electrons. The van der Waals surface area contributed by atoms with E-state index in [2.05, 4.69) is 21.0 Å². The Morgan fingerprint density at radius 3 is 2.74 bits per heavy atom. The highest BCUT2D eigenvalue weighted by Gasteiger charge is 2.21. The molecule has 0 aromatic carbocycles. The van der Waals surface area contributed by atoms with Crippen LogP contribution in [0.3, 0.4) is 0 Å². The van der Waals surface area contributed by atoms with E-state index >= 15 is 0 Å². The summed E-state index contributed by atoms with van der Waals surface area (Å²) in [6.07, 6.45) is 7.75. The van der Waals surface area contributed by atoms with E-state index in [-0.39, 0.29) is 4.90 Å². The highest BCUT2D eigenvalue weighted by atomic mass is 32.2. The predicted octanol–water partition coefficient (Wildman–Crippen LogP) is 2.20. The smallest absolute Gasteiger partial charge is 0.244 e. The van der Waals surface area contributed by atoms with Crippen LogP contribution in [0.2, 0.25) is 0 Å². The number of nitrogens with zero attached hydrogens (tertiary/aromatic N) is 1. The van der Waals surface area contributed by atoms with Crippen LogP contribution in [-0.2, 0) is 10.0 Å². The maximum absolute atomic E-state index is 12.2. The van der Waals surface area contributed by atoms with E-state index in [1.54, 1.807) is 13.8 Å². The van der Waals surface area contributed by atoms with E-state index in [9.17, 15) is 8.42 Å². The summed E-state index contributed by atoms with van der Waals surface area (Å²) in [7, 11) is -3.45. The van der Waals surface area contributed by atoms with Crippen LogP contribution in [0, 0.1) is 13.8 Å². The van der Waals surface area contributed by atoms with Crippen molar-refractivity contribution in [2.75, 3.05) is 6.54 Å². The predicted molar refractivity (Wildman–Crippen MR) is 74.4 cm³/mol. The van der Waals surface area contributed by atoms with Crippen molar-refractivity contribution in [2.45, 2.75) is 50.8 Å². The summed E-state index contributed by atoms with van der Waals surface area (Å²) in [4.78, 5) is 0.283. The minimum Gasteiger partial charge on any atom is -0.281 e. The Hall–Kier alpha value is -1.14. The van der Waals surface area contributed by atoms with E-state index < -0.39 is 10.0 Å². The first-order valence-corrected chi connectivity index (χ1v) is 8.18. The second-order valence-corrected chi connectivity index (χ2v) is 6.72. The number of hydrogen-bond donors (Lipinski definition) is 2. The molecule has 106 valence electrons. The lowest BCUT2D eigenvalue weighted by atomic mass is 9.97. The molecule has 0 amide bonds. The van der Waals surface area contributed by atoms with Gasteiger partial charge in [0.15, 0.2) is 0 Å². The molecule has 6 heteroatoms. The summed E-state index contributed by atoms with van der Waals surface area (Å²) in [5.41, 5.74) is 2.47. The number of nitrogens with one attached hydrogen (secondary N) is 2. The lowest BCUT2D eigenvalue weighted by Gasteiger charge is -2.13. The number of rotatable bonds is 5. The molecule has 0 atom stereocenters. The van der Waals surface area contributed by atoms with Gasteiger partial charge in [-0.05, 0) is 46.0 Å². The first-order valence-electron chi connectivity index (χ1n) is 6.70. The summed E-state index contributed by atoms with van der Waals surface area (Å²) in [6, 6.07) is 0. The van der Waals surface area contributed by atoms with Gasteiger partial charge in [0.2, 0.25) is 10.0 Å². The van der Waals surface area contributed by atoms with Crippen LogP contribution < -0.4 is 4.72 Å². The molecular weight excluding hydrogens is 262 g/mol. The third-order valence-corrected chi connectivity index (χ3v) is 5.18. The Morgan fingerprint density at radius 1 is 1.37 bits per heavy atom. The topological polar surface area (TPSA) is 74.8 Å². The van der Waals surface area contributed by atoms with Crippen LogP contribution in [0.15, 0.2) is 16.5 Å². The van der Waals surface area contributed by atoms with E-state index in [1.807, 2.05) is 0 Å². The Morgan fingerprint density at radius 2 is 2.16 bits per heavy atom. The van der Waals surface area contributed by atoms with Crippen LogP contribution in [-0.4, -0.2) is 25.2 Å². The summed E-state index contributed by atoms with van der Waals surface area (Å²) < 4.78 is 27.0. The first kappa shape index (κ1) is 14.3. The van der Waals surface area contributed by atoms with E-state index in [4.69, 9.17) is 0 Å². The summed E-state index contributed by atoms with van der Waals surface area (Å²) >= 11 is 0. The van der Waals surface area contributed by atoms with E-state index in [0.717, 1.165) is 19.3 Å². The van der Waals surface area contributed by atoms with Gasteiger partial charge >= 0.3 is 0 Å². The van der Waals surface area contributed by atoms with Gasteiger partial charge in [0.1, 0.15) is 4.90 Å². The zero-order valence-electron chi connectivity index (χ0n) is 11.5. The summed E-state index contributed by atoms with van der Waals surface area (Å²) in [5, 5.41) is 6.63. The summed E-state index contributed by atoms with van der Waals surface area (Å²) in [6.45, 7) is 3.87. The average molecular weight is 283 g/mol. The van der Waals surface area contributed by atoms with Gasteiger partial charge in [0.25, 0.3) is 0 Å². The summed E-state index contributed by atoms with van der Waals surface area (Å²) in [5.74, 6) is 0. The molecule has 0 saturated carbocycles.